The van der Waals surface area contributed by atoms with Gasteiger partial charge in [0, 0.05) is 44.0 Å². The Hall–Kier alpha value is -2.91. The van der Waals surface area contributed by atoms with E-state index in [0.29, 0.717) is 49.6 Å². The first-order valence-electron chi connectivity index (χ1n) is 11.1. The van der Waals surface area contributed by atoms with Gasteiger partial charge in [0.15, 0.2) is 0 Å². The summed E-state index contributed by atoms with van der Waals surface area (Å²) >= 11 is 0. The van der Waals surface area contributed by atoms with Crippen LogP contribution >= 0.6 is 0 Å². The van der Waals surface area contributed by atoms with Gasteiger partial charge in [-0.2, -0.15) is 0 Å². The number of aryl methyl sites for hydroxylation is 2. The second-order valence-electron chi connectivity index (χ2n) is 8.57. The molecule has 176 valence electrons. The van der Waals surface area contributed by atoms with E-state index in [9.17, 15) is 18.0 Å². The van der Waals surface area contributed by atoms with E-state index < -0.39 is 10.0 Å². The largest absolute Gasteiger partial charge is 0.368 e. The van der Waals surface area contributed by atoms with Crippen molar-refractivity contribution in [1.29, 1.82) is 0 Å². The van der Waals surface area contributed by atoms with Crippen molar-refractivity contribution in [2.75, 3.05) is 37.5 Å². The molecule has 0 spiro atoms. The average Bonchev–Trinajstić information content (AvgIpc) is 3.35. The number of amides is 2. The molecule has 2 aliphatic heterocycles. The number of sulfonamides is 1. The van der Waals surface area contributed by atoms with Crippen LogP contribution in [0.15, 0.2) is 47.4 Å². The summed E-state index contributed by atoms with van der Waals surface area (Å²) in [6, 6.07) is 11.6. The van der Waals surface area contributed by atoms with Crippen molar-refractivity contribution in [2.24, 2.45) is 0 Å². The van der Waals surface area contributed by atoms with Gasteiger partial charge in [-0.05, 0) is 56.5 Å². The zero-order valence-corrected chi connectivity index (χ0v) is 19.7. The summed E-state index contributed by atoms with van der Waals surface area (Å²) in [6.45, 7) is 6.01. The number of nitrogens with zero attached hydrogens (tertiary/aromatic N) is 2. The van der Waals surface area contributed by atoms with Gasteiger partial charge in [-0.1, -0.05) is 23.8 Å². The molecule has 2 aromatic carbocycles. The summed E-state index contributed by atoms with van der Waals surface area (Å²) in [5.41, 5.74) is 2.53. The van der Waals surface area contributed by atoms with E-state index in [4.69, 9.17) is 4.74 Å². The van der Waals surface area contributed by atoms with Crippen LogP contribution in [0.25, 0.3) is 0 Å². The average molecular weight is 472 g/mol. The van der Waals surface area contributed by atoms with Crippen LogP contribution in [0.1, 0.15) is 34.3 Å². The maximum atomic E-state index is 13.2. The number of hydrogen-bond donors (Lipinski definition) is 1. The lowest BCUT2D eigenvalue weighted by Gasteiger charge is -2.36. The number of carbonyl (C=O) groups is 2. The summed E-state index contributed by atoms with van der Waals surface area (Å²) in [6.07, 6.45) is 1.28. The van der Waals surface area contributed by atoms with Crippen LogP contribution in [0.2, 0.25) is 0 Å². The molecular weight excluding hydrogens is 442 g/mol. The summed E-state index contributed by atoms with van der Waals surface area (Å²) in [5, 5.41) is 0. The molecule has 0 aromatic heterocycles. The predicted octanol–water partition coefficient (Wildman–Crippen LogP) is 2.57. The number of carbonyl (C=O) groups excluding carboxylic acids is 2. The minimum absolute atomic E-state index is 0.00829. The van der Waals surface area contributed by atoms with E-state index in [1.165, 1.54) is 12.1 Å². The van der Waals surface area contributed by atoms with Crippen molar-refractivity contribution >= 4 is 27.5 Å². The van der Waals surface area contributed by atoms with Gasteiger partial charge in [0.25, 0.3) is 21.8 Å². The zero-order valence-electron chi connectivity index (χ0n) is 18.9. The SMILES string of the molecule is Cc1ccc(NS(=O)(=O)c2ccc(C)c(C(=O)N3CCN(C(=O)C4CCCO4)CC3)c2)cc1. The highest BCUT2D eigenvalue weighted by molar-refractivity contribution is 7.92. The number of ether oxygens (including phenoxy) is 1. The summed E-state index contributed by atoms with van der Waals surface area (Å²) in [4.78, 5) is 29.2. The Morgan fingerprint density at radius 1 is 0.970 bits per heavy atom. The van der Waals surface area contributed by atoms with E-state index in [1.807, 2.05) is 19.1 Å². The van der Waals surface area contributed by atoms with Gasteiger partial charge in [0.05, 0.1) is 4.90 Å². The van der Waals surface area contributed by atoms with Crippen molar-refractivity contribution in [3.8, 4) is 0 Å². The molecule has 1 unspecified atom stereocenters. The predicted molar refractivity (Wildman–Crippen MR) is 125 cm³/mol. The van der Waals surface area contributed by atoms with E-state index in [-0.39, 0.29) is 22.8 Å². The highest BCUT2D eigenvalue weighted by Crippen LogP contribution is 2.22. The second kappa shape index (κ2) is 9.52. The van der Waals surface area contributed by atoms with Gasteiger partial charge in [-0.3, -0.25) is 14.3 Å². The second-order valence-corrected chi connectivity index (χ2v) is 10.2. The Kier molecular flexibility index (Phi) is 6.71. The molecule has 2 fully saturated rings. The van der Waals surface area contributed by atoms with Crippen LogP contribution in [-0.4, -0.2) is 68.9 Å². The van der Waals surface area contributed by atoms with Crippen LogP contribution in [0.5, 0.6) is 0 Å². The molecule has 2 saturated heterocycles. The van der Waals surface area contributed by atoms with Gasteiger partial charge < -0.3 is 14.5 Å². The number of piperazine rings is 1. The van der Waals surface area contributed by atoms with Crippen molar-refractivity contribution in [3.63, 3.8) is 0 Å². The Bertz CT molecular complexity index is 1130. The third-order valence-electron chi connectivity index (χ3n) is 6.14. The number of nitrogens with one attached hydrogen (secondary N) is 1. The van der Waals surface area contributed by atoms with Crippen LogP contribution in [0, 0.1) is 13.8 Å². The summed E-state index contributed by atoms with van der Waals surface area (Å²) in [5.74, 6) is -0.241. The van der Waals surface area contributed by atoms with E-state index in [0.717, 1.165) is 18.4 Å². The highest BCUT2D eigenvalue weighted by atomic mass is 32.2. The van der Waals surface area contributed by atoms with Crippen LogP contribution in [0.3, 0.4) is 0 Å². The molecule has 2 amide bonds. The quantitative estimate of drug-likeness (QED) is 0.723. The molecule has 1 N–H and O–H groups in total. The minimum Gasteiger partial charge on any atom is -0.368 e. The lowest BCUT2D eigenvalue weighted by Crippen LogP contribution is -2.52. The maximum Gasteiger partial charge on any atom is 0.261 e. The van der Waals surface area contributed by atoms with Crippen LogP contribution in [0.4, 0.5) is 5.69 Å². The van der Waals surface area contributed by atoms with Gasteiger partial charge >= 0.3 is 0 Å². The molecule has 0 bridgehead atoms. The zero-order chi connectivity index (χ0) is 23.6. The lowest BCUT2D eigenvalue weighted by atomic mass is 10.1. The van der Waals surface area contributed by atoms with E-state index >= 15 is 0 Å². The molecule has 2 aliphatic rings. The molecule has 2 heterocycles. The lowest BCUT2D eigenvalue weighted by molar-refractivity contribution is -0.142. The molecular formula is C24H29N3O5S. The molecule has 0 saturated carbocycles. The molecule has 0 radical (unpaired) electrons. The van der Waals surface area contributed by atoms with E-state index in [2.05, 4.69) is 4.72 Å². The number of anilines is 1. The number of hydrogen-bond acceptors (Lipinski definition) is 5. The first-order chi connectivity index (χ1) is 15.7. The van der Waals surface area contributed by atoms with Crippen LogP contribution < -0.4 is 4.72 Å². The monoisotopic (exact) mass is 471 g/mol. The van der Waals surface area contributed by atoms with Crippen molar-refractivity contribution in [2.45, 2.75) is 37.7 Å². The fourth-order valence-corrected chi connectivity index (χ4v) is 5.20. The van der Waals surface area contributed by atoms with Gasteiger partial charge in [-0.25, -0.2) is 8.42 Å². The molecule has 9 heteroatoms. The molecule has 33 heavy (non-hydrogen) atoms. The number of benzene rings is 2. The van der Waals surface area contributed by atoms with Gasteiger partial charge in [0.2, 0.25) is 0 Å². The Morgan fingerprint density at radius 2 is 1.64 bits per heavy atom. The summed E-state index contributed by atoms with van der Waals surface area (Å²) < 4.78 is 33.9. The topological polar surface area (TPSA) is 96.0 Å². The van der Waals surface area contributed by atoms with Crippen molar-refractivity contribution in [3.05, 3.63) is 59.2 Å². The standard InChI is InChI=1S/C24H29N3O5S/c1-17-5-8-19(9-6-17)25-33(30,31)20-10-7-18(2)21(16-20)23(28)26-11-13-27(14-12-26)24(29)22-4-3-15-32-22/h5-10,16,22,25H,3-4,11-15H2,1-2H3. The third kappa shape index (κ3) is 5.20. The first kappa shape index (κ1) is 23.3. The fraction of sp³-hybridized carbons (Fsp3) is 0.417. The fourth-order valence-electron chi connectivity index (χ4n) is 4.11. The Balaban J connectivity index is 1.45. The molecule has 0 aliphatic carbocycles. The highest BCUT2D eigenvalue weighted by Gasteiger charge is 2.32. The smallest absolute Gasteiger partial charge is 0.261 e. The van der Waals surface area contributed by atoms with Crippen molar-refractivity contribution in [1.82, 2.24) is 9.80 Å². The Morgan fingerprint density at radius 3 is 2.27 bits per heavy atom. The Labute approximate surface area is 194 Å². The molecule has 2 aromatic rings. The molecule has 1 atom stereocenters. The third-order valence-corrected chi connectivity index (χ3v) is 7.52. The minimum atomic E-state index is -3.85. The van der Waals surface area contributed by atoms with E-state index in [1.54, 1.807) is 34.9 Å². The summed E-state index contributed by atoms with van der Waals surface area (Å²) in [7, 11) is -3.85. The van der Waals surface area contributed by atoms with Crippen molar-refractivity contribution < 1.29 is 22.7 Å². The van der Waals surface area contributed by atoms with Crippen LogP contribution in [-0.2, 0) is 19.6 Å². The van der Waals surface area contributed by atoms with Gasteiger partial charge in [0.1, 0.15) is 6.10 Å². The normalized spacial score (nSPS) is 18.9. The maximum absolute atomic E-state index is 13.2. The molecule has 8 nitrogen and oxygen atoms in total. The number of rotatable bonds is 5. The first-order valence-corrected chi connectivity index (χ1v) is 12.6. The molecule has 4 rings (SSSR count). The van der Waals surface area contributed by atoms with Gasteiger partial charge in [-0.15, -0.1) is 0 Å².